The van der Waals surface area contributed by atoms with Crippen LogP contribution in [0.25, 0.3) is 10.9 Å². The summed E-state index contributed by atoms with van der Waals surface area (Å²) in [5, 5.41) is 10.3. The third-order valence-corrected chi connectivity index (χ3v) is 2.56. The van der Waals surface area contributed by atoms with Crippen molar-refractivity contribution in [1.82, 2.24) is 4.57 Å². The van der Waals surface area contributed by atoms with Crippen LogP contribution in [0.15, 0.2) is 24.4 Å². The highest BCUT2D eigenvalue weighted by Gasteiger charge is 2.07. The van der Waals surface area contributed by atoms with Crippen LogP contribution in [0.1, 0.15) is 11.1 Å². The third-order valence-electron chi connectivity index (χ3n) is 2.56. The molecule has 1 aromatic heterocycles. The van der Waals surface area contributed by atoms with Crippen molar-refractivity contribution in [3.8, 4) is 0 Å². The monoisotopic (exact) mass is 190 g/mol. The van der Waals surface area contributed by atoms with Crippen molar-refractivity contribution in [2.75, 3.05) is 0 Å². The minimum absolute atomic E-state index is 0.0748. The molecule has 2 aromatic rings. The van der Waals surface area contributed by atoms with Gasteiger partial charge in [0.05, 0.1) is 12.1 Å². The van der Waals surface area contributed by atoms with Crippen LogP contribution in [0.3, 0.4) is 0 Å². The number of aryl methyl sites for hydroxylation is 1. The van der Waals surface area contributed by atoms with Gasteiger partial charge in [-0.1, -0.05) is 18.2 Å². The van der Waals surface area contributed by atoms with Gasteiger partial charge >= 0.3 is 0 Å². The molecule has 0 saturated heterocycles. The van der Waals surface area contributed by atoms with Gasteiger partial charge in [-0.25, -0.2) is 0 Å². The van der Waals surface area contributed by atoms with E-state index in [0.717, 1.165) is 22.0 Å². The number of para-hydroxylation sites is 1. The van der Waals surface area contributed by atoms with Crippen molar-refractivity contribution in [2.24, 2.45) is 12.8 Å². The number of aliphatic hydroxyl groups is 1. The molecule has 1 aromatic carbocycles. The Morgan fingerprint density at radius 3 is 2.79 bits per heavy atom. The van der Waals surface area contributed by atoms with Crippen LogP contribution < -0.4 is 5.73 Å². The fourth-order valence-electron chi connectivity index (χ4n) is 1.93. The lowest BCUT2D eigenvalue weighted by molar-refractivity contribution is 0.283. The molecule has 74 valence electrons. The van der Waals surface area contributed by atoms with Crippen LogP contribution in [-0.4, -0.2) is 9.67 Å². The first-order valence-electron chi connectivity index (χ1n) is 4.64. The molecule has 0 unspecified atom stereocenters. The second-order valence-corrected chi connectivity index (χ2v) is 3.44. The van der Waals surface area contributed by atoms with E-state index in [4.69, 9.17) is 10.8 Å². The molecule has 0 aliphatic rings. The van der Waals surface area contributed by atoms with Crippen LogP contribution in [0.2, 0.25) is 0 Å². The van der Waals surface area contributed by atoms with Crippen molar-refractivity contribution in [3.63, 3.8) is 0 Å². The maximum Gasteiger partial charge on any atom is 0.0702 e. The Kier molecular flexibility index (Phi) is 2.27. The first-order chi connectivity index (χ1) is 6.77. The van der Waals surface area contributed by atoms with Crippen molar-refractivity contribution in [3.05, 3.63) is 35.5 Å². The summed E-state index contributed by atoms with van der Waals surface area (Å²) >= 11 is 0. The first-order valence-corrected chi connectivity index (χ1v) is 4.64. The quantitative estimate of drug-likeness (QED) is 0.745. The Morgan fingerprint density at radius 2 is 2.14 bits per heavy atom. The predicted molar refractivity (Wildman–Crippen MR) is 56.7 cm³/mol. The molecule has 3 heteroatoms. The number of benzene rings is 1. The van der Waals surface area contributed by atoms with Gasteiger partial charge in [-0.3, -0.25) is 0 Å². The zero-order valence-corrected chi connectivity index (χ0v) is 8.20. The zero-order valence-electron chi connectivity index (χ0n) is 8.20. The van der Waals surface area contributed by atoms with Gasteiger partial charge in [-0.15, -0.1) is 0 Å². The number of fused-ring (bicyclic) bond motifs is 1. The number of aromatic nitrogens is 1. The standard InChI is InChI=1S/C11H14N2O/c1-13-6-9(7-14)10-4-2-3-8(5-12)11(10)13/h2-4,6,14H,5,7,12H2,1H3. The lowest BCUT2D eigenvalue weighted by atomic mass is 10.1. The number of rotatable bonds is 2. The molecule has 0 atom stereocenters. The number of nitrogens with zero attached hydrogens (tertiary/aromatic N) is 1. The number of hydrogen-bond acceptors (Lipinski definition) is 2. The second kappa shape index (κ2) is 3.44. The Morgan fingerprint density at radius 1 is 1.36 bits per heavy atom. The van der Waals surface area contributed by atoms with Gasteiger partial charge in [-0.05, 0) is 5.56 Å². The Balaban J connectivity index is 2.81. The van der Waals surface area contributed by atoms with E-state index in [1.807, 2.05) is 36.0 Å². The minimum atomic E-state index is 0.0748. The third kappa shape index (κ3) is 1.22. The van der Waals surface area contributed by atoms with Crippen molar-refractivity contribution >= 4 is 10.9 Å². The molecule has 1 heterocycles. The van der Waals surface area contributed by atoms with Gasteiger partial charge in [0.25, 0.3) is 0 Å². The van der Waals surface area contributed by atoms with E-state index >= 15 is 0 Å². The summed E-state index contributed by atoms with van der Waals surface area (Å²) in [5.74, 6) is 0. The number of hydrogen-bond donors (Lipinski definition) is 2. The Labute approximate surface area is 82.8 Å². The van der Waals surface area contributed by atoms with Crippen molar-refractivity contribution in [2.45, 2.75) is 13.2 Å². The molecule has 3 N–H and O–H groups in total. The van der Waals surface area contributed by atoms with E-state index < -0.39 is 0 Å². The number of aliphatic hydroxyl groups excluding tert-OH is 1. The summed E-state index contributed by atoms with van der Waals surface area (Å²) in [5.41, 5.74) is 8.86. The molecule has 3 nitrogen and oxygen atoms in total. The normalized spacial score (nSPS) is 11.1. The summed E-state index contributed by atoms with van der Waals surface area (Å²) < 4.78 is 2.02. The van der Waals surface area contributed by atoms with Gasteiger partial charge in [0.15, 0.2) is 0 Å². The summed E-state index contributed by atoms with van der Waals surface area (Å²) in [4.78, 5) is 0. The van der Waals surface area contributed by atoms with Crippen molar-refractivity contribution in [1.29, 1.82) is 0 Å². The summed E-state index contributed by atoms with van der Waals surface area (Å²) in [6, 6.07) is 6.01. The number of nitrogens with two attached hydrogens (primary N) is 1. The Bertz CT molecular complexity index is 460. The van der Waals surface area contributed by atoms with Crippen LogP contribution in [0, 0.1) is 0 Å². The molecule has 0 fully saturated rings. The highest BCUT2D eigenvalue weighted by Crippen LogP contribution is 2.23. The van der Waals surface area contributed by atoms with E-state index in [1.165, 1.54) is 0 Å². The van der Waals surface area contributed by atoms with Crippen molar-refractivity contribution < 1.29 is 5.11 Å². The second-order valence-electron chi connectivity index (χ2n) is 3.44. The minimum Gasteiger partial charge on any atom is -0.392 e. The largest absolute Gasteiger partial charge is 0.392 e. The molecule has 0 amide bonds. The molecular weight excluding hydrogens is 176 g/mol. The molecule has 0 aliphatic carbocycles. The molecule has 0 aliphatic heterocycles. The fourth-order valence-corrected chi connectivity index (χ4v) is 1.93. The topological polar surface area (TPSA) is 51.2 Å². The average molecular weight is 190 g/mol. The zero-order chi connectivity index (χ0) is 10.1. The SMILES string of the molecule is Cn1cc(CO)c2cccc(CN)c21. The van der Waals surface area contributed by atoms with Gasteiger partial charge in [0, 0.05) is 30.7 Å². The van der Waals surface area contributed by atoms with E-state index in [1.54, 1.807) is 0 Å². The summed E-state index contributed by atoms with van der Waals surface area (Å²) in [6.07, 6.45) is 1.95. The van der Waals surface area contributed by atoms with Gasteiger partial charge in [0.1, 0.15) is 0 Å². The molecule has 0 bridgehead atoms. The molecule has 2 rings (SSSR count). The Hall–Kier alpha value is -1.32. The van der Waals surface area contributed by atoms with Crippen LogP contribution in [0.5, 0.6) is 0 Å². The van der Waals surface area contributed by atoms with E-state index in [0.29, 0.717) is 6.54 Å². The molecule has 0 spiro atoms. The predicted octanol–water partition coefficient (Wildman–Crippen LogP) is 1.13. The molecule has 0 saturated carbocycles. The van der Waals surface area contributed by atoms with E-state index in [2.05, 4.69) is 0 Å². The molecule has 0 radical (unpaired) electrons. The van der Waals surface area contributed by atoms with Crippen LogP contribution >= 0.6 is 0 Å². The lowest BCUT2D eigenvalue weighted by Crippen LogP contribution is -1.99. The smallest absolute Gasteiger partial charge is 0.0702 e. The van der Waals surface area contributed by atoms with Gasteiger partial charge in [-0.2, -0.15) is 0 Å². The van der Waals surface area contributed by atoms with Crippen LogP contribution in [-0.2, 0) is 20.2 Å². The highest BCUT2D eigenvalue weighted by atomic mass is 16.3. The van der Waals surface area contributed by atoms with Gasteiger partial charge in [0.2, 0.25) is 0 Å². The molecular formula is C11H14N2O. The first kappa shape index (κ1) is 9.24. The van der Waals surface area contributed by atoms with E-state index in [-0.39, 0.29) is 6.61 Å². The van der Waals surface area contributed by atoms with E-state index in [9.17, 15) is 0 Å². The fraction of sp³-hybridized carbons (Fsp3) is 0.273. The maximum atomic E-state index is 9.17. The summed E-state index contributed by atoms with van der Waals surface area (Å²) in [7, 11) is 1.97. The molecule has 14 heavy (non-hydrogen) atoms. The lowest BCUT2D eigenvalue weighted by Gasteiger charge is -2.02. The highest BCUT2D eigenvalue weighted by molar-refractivity contribution is 5.86. The van der Waals surface area contributed by atoms with Gasteiger partial charge < -0.3 is 15.4 Å². The average Bonchev–Trinajstić information content (AvgIpc) is 2.55. The summed E-state index contributed by atoms with van der Waals surface area (Å²) in [6.45, 7) is 0.603. The van der Waals surface area contributed by atoms with Crippen LogP contribution in [0.4, 0.5) is 0 Å². The maximum absolute atomic E-state index is 9.17.